The third-order valence-corrected chi connectivity index (χ3v) is 2.86. The highest BCUT2D eigenvalue weighted by atomic mass is 79.9. The molecule has 1 amide bonds. The largest absolute Gasteiger partial charge is 0.325 e. The van der Waals surface area contributed by atoms with E-state index >= 15 is 0 Å². The Morgan fingerprint density at radius 2 is 1.76 bits per heavy atom. The van der Waals surface area contributed by atoms with Crippen LogP contribution in [0.3, 0.4) is 0 Å². The molecule has 0 spiro atoms. The van der Waals surface area contributed by atoms with Gasteiger partial charge in [0.2, 0.25) is 5.91 Å². The molecular formula is C12H18BrClN2O. The lowest BCUT2D eigenvalue weighted by Gasteiger charge is -2.25. The molecule has 3 N–H and O–H groups in total. The normalized spacial score (nSPS) is 12.5. The van der Waals surface area contributed by atoms with E-state index in [0.717, 1.165) is 10.2 Å². The minimum atomic E-state index is -0.517. The Morgan fingerprint density at radius 3 is 2.18 bits per heavy atom. The summed E-state index contributed by atoms with van der Waals surface area (Å²) in [5.41, 5.74) is 6.37. The lowest BCUT2D eigenvalue weighted by Crippen LogP contribution is -2.45. The van der Waals surface area contributed by atoms with Crippen LogP contribution in [0.4, 0.5) is 5.69 Å². The fourth-order valence-corrected chi connectivity index (χ4v) is 1.41. The molecule has 1 rings (SSSR count). The Balaban J connectivity index is 0.00000256. The van der Waals surface area contributed by atoms with Gasteiger partial charge in [-0.05, 0) is 29.7 Å². The van der Waals surface area contributed by atoms with Crippen LogP contribution in [0.25, 0.3) is 0 Å². The van der Waals surface area contributed by atoms with Crippen molar-refractivity contribution in [3.63, 3.8) is 0 Å². The number of nitrogens with one attached hydrogen (secondary N) is 1. The molecule has 1 atom stereocenters. The van der Waals surface area contributed by atoms with Crippen LogP contribution in [0.2, 0.25) is 0 Å². The Labute approximate surface area is 117 Å². The van der Waals surface area contributed by atoms with Gasteiger partial charge in [-0.25, -0.2) is 0 Å². The molecular weight excluding hydrogens is 304 g/mol. The second-order valence-corrected chi connectivity index (χ2v) is 5.76. The summed E-state index contributed by atoms with van der Waals surface area (Å²) >= 11 is 3.33. The number of amides is 1. The predicted molar refractivity (Wildman–Crippen MR) is 77.5 cm³/mol. The fraction of sp³-hybridized carbons (Fsp3) is 0.417. The average Bonchev–Trinajstić information content (AvgIpc) is 2.19. The summed E-state index contributed by atoms with van der Waals surface area (Å²) in [7, 11) is 0. The van der Waals surface area contributed by atoms with Crippen LogP contribution >= 0.6 is 28.3 Å². The number of hydrogen-bond acceptors (Lipinski definition) is 2. The highest BCUT2D eigenvalue weighted by molar-refractivity contribution is 9.10. The van der Waals surface area contributed by atoms with Gasteiger partial charge in [0.15, 0.2) is 0 Å². The van der Waals surface area contributed by atoms with Crippen molar-refractivity contribution in [1.82, 2.24) is 0 Å². The Bertz CT molecular complexity index is 373. The molecule has 0 aliphatic rings. The number of carbonyl (C=O) groups excluding carboxylic acids is 1. The molecule has 5 heteroatoms. The quantitative estimate of drug-likeness (QED) is 0.879. The molecule has 0 fully saturated rings. The molecule has 1 aromatic carbocycles. The van der Waals surface area contributed by atoms with Crippen molar-refractivity contribution in [3.8, 4) is 0 Å². The van der Waals surface area contributed by atoms with E-state index in [9.17, 15) is 4.79 Å². The molecule has 0 aromatic heterocycles. The highest BCUT2D eigenvalue weighted by Crippen LogP contribution is 2.19. The third kappa shape index (κ3) is 5.06. The van der Waals surface area contributed by atoms with Gasteiger partial charge in [-0.1, -0.05) is 36.7 Å². The summed E-state index contributed by atoms with van der Waals surface area (Å²) in [5.74, 6) is -0.158. The number of nitrogens with two attached hydrogens (primary N) is 1. The van der Waals surface area contributed by atoms with E-state index in [1.165, 1.54) is 0 Å². The van der Waals surface area contributed by atoms with Gasteiger partial charge in [-0.15, -0.1) is 12.4 Å². The maximum atomic E-state index is 11.8. The van der Waals surface area contributed by atoms with Crippen LogP contribution in [0.1, 0.15) is 20.8 Å². The Hall–Kier alpha value is -0.580. The molecule has 3 nitrogen and oxygen atoms in total. The first-order valence-corrected chi connectivity index (χ1v) is 5.92. The van der Waals surface area contributed by atoms with Gasteiger partial charge in [0.05, 0.1) is 6.04 Å². The van der Waals surface area contributed by atoms with Crippen LogP contribution in [-0.4, -0.2) is 11.9 Å². The smallest absolute Gasteiger partial charge is 0.241 e. The molecule has 0 saturated heterocycles. The number of rotatable bonds is 2. The van der Waals surface area contributed by atoms with Crippen molar-refractivity contribution in [2.75, 3.05) is 5.32 Å². The summed E-state index contributed by atoms with van der Waals surface area (Å²) in [4.78, 5) is 11.8. The zero-order chi connectivity index (χ0) is 12.3. The Kier molecular flexibility index (Phi) is 6.16. The lowest BCUT2D eigenvalue weighted by atomic mass is 9.87. The van der Waals surface area contributed by atoms with E-state index in [2.05, 4.69) is 21.2 Å². The average molecular weight is 322 g/mol. The third-order valence-electron chi connectivity index (χ3n) is 2.33. The zero-order valence-electron chi connectivity index (χ0n) is 10.2. The molecule has 0 radical (unpaired) electrons. The van der Waals surface area contributed by atoms with Gasteiger partial charge in [0, 0.05) is 10.2 Å². The van der Waals surface area contributed by atoms with E-state index in [0.29, 0.717) is 0 Å². The fourth-order valence-electron chi connectivity index (χ4n) is 1.15. The van der Waals surface area contributed by atoms with Gasteiger partial charge in [0.25, 0.3) is 0 Å². The predicted octanol–water partition coefficient (Wildman–Crippen LogP) is 3.18. The topological polar surface area (TPSA) is 55.1 Å². The van der Waals surface area contributed by atoms with Gasteiger partial charge in [0.1, 0.15) is 0 Å². The zero-order valence-corrected chi connectivity index (χ0v) is 12.6. The van der Waals surface area contributed by atoms with Crippen molar-refractivity contribution in [1.29, 1.82) is 0 Å². The van der Waals surface area contributed by atoms with Gasteiger partial charge >= 0.3 is 0 Å². The van der Waals surface area contributed by atoms with E-state index in [1.54, 1.807) is 0 Å². The van der Waals surface area contributed by atoms with E-state index in [1.807, 2.05) is 45.0 Å². The highest BCUT2D eigenvalue weighted by Gasteiger charge is 2.27. The van der Waals surface area contributed by atoms with Gasteiger partial charge in [-0.3, -0.25) is 4.79 Å². The van der Waals surface area contributed by atoms with Crippen molar-refractivity contribution < 1.29 is 4.79 Å². The van der Waals surface area contributed by atoms with Crippen LogP contribution in [0.15, 0.2) is 28.7 Å². The molecule has 96 valence electrons. The Morgan fingerprint density at radius 1 is 1.29 bits per heavy atom. The van der Waals surface area contributed by atoms with Crippen molar-refractivity contribution in [2.24, 2.45) is 11.1 Å². The summed E-state index contributed by atoms with van der Waals surface area (Å²) in [6.45, 7) is 5.83. The molecule has 0 saturated carbocycles. The summed E-state index contributed by atoms with van der Waals surface area (Å²) in [6, 6.07) is 6.89. The first-order valence-electron chi connectivity index (χ1n) is 5.13. The molecule has 0 bridgehead atoms. The van der Waals surface area contributed by atoms with Crippen LogP contribution in [0.5, 0.6) is 0 Å². The van der Waals surface area contributed by atoms with Crippen LogP contribution < -0.4 is 11.1 Å². The lowest BCUT2D eigenvalue weighted by molar-refractivity contribution is -0.119. The molecule has 0 unspecified atom stereocenters. The molecule has 0 heterocycles. The number of anilines is 1. The standard InChI is InChI=1S/C12H17BrN2O.ClH/c1-12(2,3)10(14)11(16)15-9-6-4-8(13)5-7-9;/h4-7,10H,14H2,1-3H3,(H,15,16);1H/t10-;/m1./s1. The first kappa shape index (κ1) is 16.4. The minimum Gasteiger partial charge on any atom is -0.325 e. The monoisotopic (exact) mass is 320 g/mol. The van der Waals surface area contributed by atoms with E-state index in [-0.39, 0.29) is 23.7 Å². The molecule has 0 aliphatic carbocycles. The second kappa shape index (κ2) is 6.38. The van der Waals surface area contributed by atoms with Crippen LogP contribution in [-0.2, 0) is 4.79 Å². The maximum Gasteiger partial charge on any atom is 0.241 e. The number of hydrogen-bond donors (Lipinski definition) is 2. The van der Waals surface area contributed by atoms with Gasteiger partial charge in [-0.2, -0.15) is 0 Å². The SMILES string of the molecule is CC(C)(C)[C@H](N)C(=O)Nc1ccc(Br)cc1.Cl. The number of carbonyl (C=O) groups is 1. The number of halogens is 2. The van der Waals surface area contributed by atoms with E-state index in [4.69, 9.17) is 5.73 Å². The van der Waals surface area contributed by atoms with Gasteiger partial charge < -0.3 is 11.1 Å². The molecule has 1 aromatic rings. The number of benzene rings is 1. The summed E-state index contributed by atoms with van der Waals surface area (Å²) < 4.78 is 0.977. The second-order valence-electron chi connectivity index (χ2n) is 4.84. The van der Waals surface area contributed by atoms with Crippen molar-refractivity contribution in [3.05, 3.63) is 28.7 Å². The van der Waals surface area contributed by atoms with Crippen LogP contribution in [0, 0.1) is 5.41 Å². The summed E-state index contributed by atoms with van der Waals surface area (Å²) in [5, 5.41) is 2.79. The first-order chi connectivity index (χ1) is 7.30. The summed E-state index contributed by atoms with van der Waals surface area (Å²) in [6.07, 6.45) is 0. The molecule has 17 heavy (non-hydrogen) atoms. The minimum absolute atomic E-state index is 0. The van der Waals surface area contributed by atoms with Crippen molar-refractivity contribution in [2.45, 2.75) is 26.8 Å². The van der Waals surface area contributed by atoms with E-state index < -0.39 is 6.04 Å². The maximum absolute atomic E-state index is 11.8. The van der Waals surface area contributed by atoms with Crippen molar-refractivity contribution >= 4 is 39.9 Å². The molecule has 0 aliphatic heterocycles.